The van der Waals surface area contributed by atoms with Gasteiger partial charge in [-0.25, -0.2) is 13.1 Å². The standard InChI is InChI=1S/C9H11FN2O6S/c10-8-3-7(1-2-9(8)12(15)16)19(17,18)11-4-6(14)5-13/h1-3,6,11,13-14H,4-5H2. The van der Waals surface area contributed by atoms with Crippen molar-refractivity contribution in [3.05, 3.63) is 34.1 Å². The van der Waals surface area contributed by atoms with Gasteiger partial charge in [0.25, 0.3) is 0 Å². The van der Waals surface area contributed by atoms with Crippen LogP contribution in [0.4, 0.5) is 10.1 Å². The Morgan fingerprint density at radius 2 is 2.11 bits per heavy atom. The lowest BCUT2D eigenvalue weighted by Crippen LogP contribution is -2.33. The van der Waals surface area contributed by atoms with E-state index in [1.165, 1.54) is 0 Å². The van der Waals surface area contributed by atoms with Crippen molar-refractivity contribution in [2.24, 2.45) is 0 Å². The Hall–Kier alpha value is -1.62. The average Bonchev–Trinajstić information content (AvgIpc) is 2.35. The molecule has 0 aliphatic heterocycles. The zero-order chi connectivity index (χ0) is 14.6. The minimum absolute atomic E-state index is 0.461. The summed E-state index contributed by atoms with van der Waals surface area (Å²) in [6, 6.07) is 2.10. The molecular formula is C9H11FN2O6S. The fourth-order valence-electron chi connectivity index (χ4n) is 1.16. The number of sulfonamides is 1. The molecule has 0 radical (unpaired) electrons. The molecule has 0 spiro atoms. The summed E-state index contributed by atoms with van der Waals surface area (Å²) in [6.07, 6.45) is -1.29. The van der Waals surface area contributed by atoms with Crippen LogP contribution in [0.3, 0.4) is 0 Å². The lowest BCUT2D eigenvalue weighted by Gasteiger charge is -2.09. The highest BCUT2D eigenvalue weighted by Gasteiger charge is 2.21. The fraction of sp³-hybridized carbons (Fsp3) is 0.333. The van der Waals surface area contributed by atoms with Gasteiger partial charge in [-0.1, -0.05) is 0 Å². The lowest BCUT2D eigenvalue weighted by molar-refractivity contribution is -0.387. The van der Waals surface area contributed by atoms with E-state index < -0.39 is 50.6 Å². The van der Waals surface area contributed by atoms with Gasteiger partial charge in [0, 0.05) is 18.7 Å². The van der Waals surface area contributed by atoms with Gasteiger partial charge < -0.3 is 10.2 Å². The predicted molar refractivity (Wildman–Crippen MR) is 61.3 cm³/mol. The molecule has 8 nitrogen and oxygen atoms in total. The van der Waals surface area contributed by atoms with Crippen molar-refractivity contribution in [3.8, 4) is 0 Å². The van der Waals surface area contributed by atoms with E-state index in [4.69, 9.17) is 10.2 Å². The first-order valence-electron chi connectivity index (χ1n) is 5.00. The van der Waals surface area contributed by atoms with Gasteiger partial charge in [-0.05, 0) is 6.07 Å². The summed E-state index contributed by atoms with van der Waals surface area (Å²) in [5.74, 6) is -1.28. The van der Waals surface area contributed by atoms with Gasteiger partial charge in [0.1, 0.15) is 0 Å². The van der Waals surface area contributed by atoms with E-state index in [0.717, 1.165) is 12.1 Å². The van der Waals surface area contributed by atoms with E-state index in [1.54, 1.807) is 0 Å². The van der Waals surface area contributed by atoms with Crippen LogP contribution in [0.15, 0.2) is 23.1 Å². The smallest absolute Gasteiger partial charge is 0.304 e. The summed E-state index contributed by atoms with van der Waals surface area (Å²) in [7, 11) is -4.11. The van der Waals surface area contributed by atoms with Crippen LogP contribution in [0.1, 0.15) is 0 Å². The summed E-state index contributed by atoms with van der Waals surface area (Å²) in [5.41, 5.74) is -0.839. The SMILES string of the molecule is O=[N+]([O-])c1ccc(S(=O)(=O)NCC(O)CO)cc1F. The summed E-state index contributed by atoms with van der Waals surface area (Å²) in [5, 5.41) is 27.9. The highest BCUT2D eigenvalue weighted by molar-refractivity contribution is 7.89. The predicted octanol–water partition coefficient (Wildman–Crippen LogP) is -0.635. The minimum atomic E-state index is -4.11. The molecule has 0 aliphatic carbocycles. The Bertz CT molecular complexity index is 576. The third-order valence-electron chi connectivity index (χ3n) is 2.15. The van der Waals surface area contributed by atoms with Gasteiger partial charge in [-0.3, -0.25) is 10.1 Å². The second-order valence-corrected chi connectivity index (χ2v) is 5.33. The first-order chi connectivity index (χ1) is 8.77. The van der Waals surface area contributed by atoms with Crippen LogP contribution in [-0.4, -0.2) is 42.8 Å². The number of nitrogens with zero attached hydrogens (tertiary/aromatic N) is 1. The molecule has 0 amide bonds. The van der Waals surface area contributed by atoms with E-state index in [-0.39, 0.29) is 0 Å². The molecule has 0 fully saturated rings. The number of nitro benzene ring substituents is 1. The molecule has 1 unspecified atom stereocenters. The van der Waals surface area contributed by atoms with Crippen molar-refractivity contribution in [2.75, 3.05) is 13.2 Å². The number of hydrogen-bond donors (Lipinski definition) is 3. The third kappa shape index (κ3) is 3.92. The molecule has 0 heterocycles. The molecule has 0 aromatic heterocycles. The molecule has 0 saturated carbocycles. The number of benzene rings is 1. The third-order valence-corrected chi connectivity index (χ3v) is 3.57. The average molecular weight is 294 g/mol. The Morgan fingerprint density at radius 3 is 2.58 bits per heavy atom. The van der Waals surface area contributed by atoms with Crippen LogP contribution < -0.4 is 4.72 Å². The monoisotopic (exact) mass is 294 g/mol. The molecule has 106 valence electrons. The van der Waals surface area contributed by atoms with Gasteiger partial charge >= 0.3 is 5.69 Å². The van der Waals surface area contributed by atoms with Crippen LogP contribution in [0.5, 0.6) is 0 Å². The highest BCUT2D eigenvalue weighted by Crippen LogP contribution is 2.20. The molecule has 0 saturated heterocycles. The molecule has 19 heavy (non-hydrogen) atoms. The zero-order valence-electron chi connectivity index (χ0n) is 9.48. The molecular weight excluding hydrogens is 283 g/mol. The second-order valence-electron chi connectivity index (χ2n) is 3.56. The maximum atomic E-state index is 13.3. The van der Waals surface area contributed by atoms with E-state index in [2.05, 4.69) is 0 Å². The van der Waals surface area contributed by atoms with E-state index in [1.807, 2.05) is 4.72 Å². The van der Waals surface area contributed by atoms with Crippen molar-refractivity contribution in [3.63, 3.8) is 0 Å². The molecule has 1 atom stereocenters. The molecule has 1 aromatic carbocycles. The molecule has 3 N–H and O–H groups in total. The first-order valence-corrected chi connectivity index (χ1v) is 6.48. The molecule has 0 aliphatic rings. The van der Waals surface area contributed by atoms with Crippen molar-refractivity contribution in [2.45, 2.75) is 11.0 Å². The Balaban J connectivity index is 2.96. The number of halogens is 1. The number of aliphatic hydroxyl groups is 2. The summed E-state index contributed by atoms with van der Waals surface area (Å²) < 4.78 is 38.5. The van der Waals surface area contributed by atoms with E-state index in [9.17, 15) is 22.9 Å². The van der Waals surface area contributed by atoms with Crippen LogP contribution in [0.2, 0.25) is 0 Å². The van der Waals surface area contributed by atoms with Crippen molar-refractivity contribution in [1.82, 2.24) is 4.72 Å². The Morgan fingerprint density at radius 1 is 1.47 bits per heavy atom. The van der Waals surface area contributed by atoms with Crippen LogP contribution in [0.25, 0.3) is 0 Å². The van der Waals surface area contributed by atoms with E-state index in [0.29, 0.717) is 6.07 Å². The molecule has 1 aromatic rings. The minimum Gasteiger partial charge on any atom is -0.394 e. The maximum Gasteiger partial charge on any atom is 0.304 e. The Labute approximate surface area is 107 Å². The van der Waals surface area contributed by atoms with Crippen molar-refractivity contribution < 1.29 is 27.9 Å². The van der Waals surface area contributed by atoms with Gasteiger partial charge in [0.2, 0.25) is 15.8 Å². The number of hydrogen-bond acceptors (Lipinski definition) is 6. The quantitative estimate of drug-likeness (QED) is 0.473. The first kappa shape index (κ1) is 15.4. The molecule has 0 bridgehead atoms. The van der Waals surface area contributed by atoms with Gasteiger partial charge in [0.15, 0.2) is 0 Å². The number of aliphatic hydroxyl groups excluding tert-OH is 2. The van der Waals surface area contributed by atoms with Crippen LogP contribution in [0, 0.1) is 15.9 Å². The Kier molecular flexibility index (Phi) is 4.89. The van der Waals surface area contributed by atoms with Gasteiger partial charge in [-0.2, -0.15) is 4.39 Å². The fourth-order valence-corrected chi connectivity index (χ4v) is 2.24. The van der Waals surface area contributed by atoms with Crippen LogP contribution in [-0.2, 0) is 10.0 Å². The summed E-state index contributed by atoms with van der Waals surface area (Å²) in [4.78, 5) is 8.89. The lowest BCUT2D eigenvalue weighted by atomic mass is 10.3. The number of nitrogens with one attached hydrogen (secondary N) is 1. The number of rotatable bonds is 6. The van der Waals surface area contributed by atoms with Crippen molar-refractivity contribution >= 4 is 15.7 Å². The zero-order valence-corrected chi connectivity index (χ0v) is 10.3. The normalized spacial score (nSPS) is 13.2. The van der Waals surface area contributed by atoms with Gasteiger partial charge in [0.05, 0.1) is 22.5 Å². The summed E-state index contributed by atoms with van der Waals surface area (Å²) in [6.45, 7) is -1.10. The second kappa shape index (κ2) is 6.02. The van der Waals surface area contributed by atoms with E-state index >= 15 is 0 Å². The largest absolute Gasteiger partial charge is 0.394 e. The van der Waals surface area contributed by atoms with Crippen LogP contribution >= 0.6 is 0 Å². The molecule has 10 heteroatoms. The maximum absolute atomic E-state index is 13.3. The highest BCUT2D eigenvalue weighted by atomic mass is 32.2. The number of nitro groups is 1. The summed E-state index contributed by atoms with van der Waals surface area (Å²) >= 11 is 0. The van der Waals surface area contributed by atoms with Crippen molar-refractivity contribution in [1.29, 1.82) is 0 Å². The topological polar surface area (TPSA) is 130 Å². The molecule has 1 rings (SSSR count). The van der Waals surface area contributed by atoms with Gasteiger partial charge in [-0.15, -0.1) is 0 Å².